The molecule has 0 aliphatic heterocycles. The van der Waals surface area contributed by atoms with Gasteiger partial charge in [0.25, 0.3) is 0 Å². The van der Waals surface area contributed by atoms with Crippen molar-refractivity contribution in [1.82, 2.24) is 4.90 Å². The molecule has 2 rings (SSSR count). The Labute approximate surface area is 162 Å². The second-order valence-electron chi connectivity index (χ2n) is 6.84. The molecule has 0 heterocycles. The van der Waals surface area contributed by atoms with Gasteiger partial charge in [0, 0.05) is 12.2 Å². The zero-order valence-corrected chi connectivity index (χ0v) is 16.9. The van der Waals surface area contributed by atoms with Gasteiger partial charge in [-0.25, -0.2) is 0 Å². The normalized spacial score (nSPS) is 11.9. The lowest BCUT2D eigenvalue weighted by Crippen LogP contribution is -2.29. The highest BCUT2D eigenvalue weighted by Crippen LogP contribution is 2.28. The average molecular weight is 370 g/mol. The molecule has 0 aromatic heterocycles. The third kappa shape index (κ3) is 6.00. The number of hydrogen-bond donors (Lipinski definition) is 1. The fraction of sp³-hybridized carbons (Fsp3) is 0.409. The lowest BCUT2D eigenvalue weighted by atomic mass is 9.99. The van der Waals surface area contributed by atoms with Crippen LogP contribution in [0.4, 0.5) is 5.69 Å². The van der Waals surface area contributed by atoms with Crippen molar-refractivity contribution in [2.75, 3.05) is 33.1 Å². The number of benzene rings is 2. The number of methoxy groups -OCH3 is 2. The molecule has 0 saturated carbocycles. The number of carbonyl (C=O) groups excluding carboxylic acids is 1. The monoisotopic (exact) mass is 370 g/mol. The Hall–Kier alpha value is -2.53. The topological polar surface area (TPSA) is 50.8 Å². The summed E-state index contributed by atoms with van der Waals surface area (Å²) in [6, 6.07) is 13.9. The quantitative estimate of drug-likeness (QED) is 0.715. The molecule has 0 radical (unpaired) electrons. The molecule has 27 heavy (non-hydrogen) atoms. The summed E-state index contributed by atoms with van der Waals surface area (Å²) in [4.78, 5) is 14.3. The van der Waals surface area contributed by atoms with Crippen LogP contribution in [0.5, 0.6) is 11.5 Å². The summed E-state index contributed by atoms with van der Waals surface area (Å²) in [5.41, 5.74) is 3.17. The number of hydrogen-bond acceptors (Lipinski definition) is 4. The highest BCUT2D eigenvalue weighted by atomic mass is 16.5. The van der Waals surface area contributed by atoms with E-state index >= 15 is 0 Å². The number of rotatable bonds is 9. The smallest absolute Gasteiger partial charge is 0.238 e. The van der Waals surface area contributed by atoms with E-state index in [0.29, 0.717) is 30.5 Å². The lowest BCUT2D eigenvalue weighted by Gasteiger charge is -2.18. The molecule has 1 amide bonds. The highest BCUT2D eigenvalue weighted by molar-refractivity contribution is 5.92. The SMILES string of the molecule is CC[C@@H](C)c1ccc(NC(=O)CN(C)Cc2ccc(OC)c(OC)c2)cc1. The first-order valence-corrected chi connectivity index (χ1v) is 9.26. The molecule has 0 spiro atoms. The van der Waals surface area contributed by atoms with Gasteiger partial charge in [-0.3, -0.25) is 9.69 Å². The number of carbonyl (C=O) groups is 1. The second-order valence-corrected chi connectivity index (χ2v) is 6.84. The minimum Gasteiger partial charge on any atom is -0.493 e. The number of nitrogens with zero attached hydrogens (tertiary/aromatic N) is 1. The molecule has 146 valence electrons. The molecule has 2 aromatic carbocycles. The first-order chi connectivity index (χ1) is 13.0. The van der Waals surface area contributed by atoms with Crippen molar-refractivity contribution < 1.29 is 14.3 Å². The molecule has 0 saturated heterocycles. The molecule has 0 aliphatic carbocycles. The number of ether oxygens (including phenoxy) is 2. The van der Waals surface area contributed by atoms with Gasteiger partial charge in [-0.1, -0.05) is 32.0 Å². The minimum atomic E-state index is -0.0331. The van der Waals surface area contributed by atoms with Crippen molar-refractivity contribution in [3.05, 3.63) is 53.6 Å². The van der Waals surface area contributed by atoms with Crippen LogP contribution >= 0.6 is 0 Å². The molecule has 1 N–H and O–H groups in total. The van der Waals surface area contributed by atoms with Crippen molar-refractivity contribution >= 4 is 11.6 Å². The number of nitrogens with one attached hydrogen (secondary N) is 1. The standard InChI is InChI=1S/C22H30N2O3/c1-6-16(2)18-8-10-19(11-9-18)23-22(25)15-24(3)14-17-7-12-20(26-4)21(13-17)27-5/h7-13,16H,6,14-15H2,1-5H3,(H,23,25)/t16-/m1/s1. The van der Waals surface area contributed by atoms with E-state index in [9.17, 15) is 4.79 Å². The summed E-state index contributed by atoms with van der Waals surface area (Å²) < 4.78 is 10.6. The number of anilines is 1. The van der Waals surface area contributed by atoms with Gasteiger partial charge < -0.3 is 14.8 Å². The van der Waals surface area contributed by atoms with E-state index in [4.69, 9.17) is 9.47 Å². The Kier molecular flexibility index (Phi) is 7.67. The van der Waals surface area contributed by atoms with Crippen molar-refractivity contribution in [2.24, 2.45) is 0 Å². The molecule has 0 bridgehead atoms. The third-order valence-electron chi connectivity index (χ3n) is 4.69. The van der Waals surface area contributed by atoms with Crippen LogP contribution in [0.3, 0.4) is 0 Å². The Balaban J connectivity index is 1.90. The van der Waals surface area contributed by atoms with Crippen LogP contribution in [0.25, 0.3) is 0 Å². The van der Waals surface area contributed by atoms with Crippen LogP contribution in [-0.2, 0) is 11.3 Å². The molecular weight excluding hydrogens is 340 g/mol. The van der Waals surface area contributed by atoms with Gasteiger partial charge in [-0.2, -0.15) is 0 Å². The second kappa shape index (κ2) is 9.97. The van der Waals surface area contributed by atoms with Crippen molar-refractivity contribution in [3.8, 4) is 11.5 Å². The van der Waals surface area contributed by atoms with Gasteiger partial charge in [0.05, 0.1) is 20.8 Å². The summed E-state index contributed by atoms with van der Waals surface area (Å²) in [5.74, 6) is 1.88. The van der Waals surface area contributed by atoms with Crippen LogP contribution in [-0.4, -0.2) is 38.6 Å². The minimum absolute atomic E-state index is 0.0331. The van der Waals surface area contributed by atoms with E-state index in [1.165, 1.54) is 5.56 Å². The van der Waals surface area contributed by atoms with E-state index in [2.05, 4.69) is 31.3 Å². The van der Waals surface area contributed by atoms with Gasteiger partial charge in [0.2, 0.25) is 5.91 Å². The molecule has 0 aliphatic rings. The van der Waals surface area contributed by atoms with Crippen LogP contribution in [0, 0.1) is 0 Å². The molecule has 0 fully saturated rings. The Morgan fingerprint density at radius 3 is 2.33 bits per heavy atom. The summed E-state index contributed by atoms with van der Waals surface area (Å²) >= 11 is 0. The van der Waals surface area contributed by atoms with Crippen molar-refractivity contribution in [3.63, 3.8) is 0 Å². The Bertz CT molecular complexity index is 744. The van der Waals surface area contributed by atoms with E-state index in [1.54, 1.807) is 14.2 Å². The molecule has 2 aromatic rings. The molecule has 5 nitrogen and oxygen atoms in total. The van der Waals surface area contributed by atoms with E-state index in [1.807, 2.05) is 42.3 Å². The van der Waals surface area contributed by atoms with E-state index in [-0.39, 0.29) is 5.91 Å². The maximum Gasteiger partial charge on any atom is 0.238 e. The molecule has 0 unspecified atom stereocenters. The van der Waals surface area contributed by atoms with Gasteiger partial charge >= 0.3 is 0 Å². The lowest BCUT2D eigenvalue weighted by molar-refractivity contribution is -0.117. The summed E-state index contributed by atoms with van der Waals surface area (Å²) in [7, 11) is 5.15. The average Bonchev–Trinajstić information content (AvgIpc) is 2.67. The van der Waals surface area contributed by atoms with Crippen molar-refractivity contribution in [2.45, 2.75) is 32.7 Å². The molecule has 5 heteroatoms. The van der Waals surface area contributed by atoms with Crippen LogP contribution in [0.2, 0.25) is 0 Å². The predicted octanol–water partition coefficient (Wildman–Crippen LogP) is 4.29. The fourth-order valence-corrected chi connectivity index (χ4v) is 2.92. The van der Waals surface area contributed by atoms with Gasteiger partial charge in [0.15, 0.2) is 11.5 Å². The maximum absolute atomic E-state index is 12.3. The van der Waals surface area contributed by atoms with Gasteiger partial charge in [0.1, 0.15) is 0 Å². The number of likely N-dealkylation sites (N-methyl/N-ethyl adjacent to an activating group) is 1. The third-order valence-corrected chi connectivity index (χ3v) is 4.69. The van der Waals surface area contributed by atoms with Crippen LogP contribution in [0.1, 0.15) is 37.3 Å². The van der Waals surface area contributed by atoms with Crippen LogP contribution in [0.15, 0.2) is 42.5 Å². The summed E-state index contributed by atoms with van der Waals surface area (Å²) in [6.07, 6.45) is 1.10. The number of amides is 1. The first kappa shape index (κ1) is 20.8. The van der Waals surface area contributed by atoms with Gasteiger partial charge in [-0.15, -0.1) is 0 Å². The van der Waals surface area contributed by atoms with Crippen molar-refractivity contribution in [1.29, 1.82) is 0 Å². The molecule has 1 atom stereocenters. The largest absolute Gasteiger partial charge is 0.493 e. The summed E-state index contributed by atoms with van der Waals surface area (Å²) in [5, 5.41) is 2.96. The Morgan fingerprint density at radius 2 is 1.74 bits per heavy atom. The zero-order valence-electron chi connectivity index (χ0n) is 16.9. The Morgan fingerprint density at radius 1 is 1.07 bits per heavy atom. The molecular formula is C22H30N2O3. The predicted molar refractivity (Wildman–Crippen MR) is 110 cm³/mol. The first-order valence-electron chi connectivity index (χ1n) is 9.26. The van der Waals surface area contributed by atoms with E-state index in [0.717, 1.165) is 17.7 Å². The maximum atomic E-state index is 12.3. The highest BCUT2D eigenvalue weighted by Gasteiger charge is 2.10. The summed E-state index contributed by atoms with van der Waals surface area (Å²) in [6.45, 7) is 5.33. The van der Waals surface area contributed by atoms with E-state index < -0.39 is 0 Å². The van der Waals surface area contributed by atoms with Gasteiger partial charge in [-0.05, 0) is 54.8 Å². The van der Waals surface area contributed by atoms with Crippen LogP contribution < -0.4 is 14.8 Å². The fourth-order valence-electron chi connectivity index (χ4n) is 2.92. The zero-order chi connectivity index (χ0) is 19.8.